The average Bonchev–Trinajstić information content (AvgIpc) is 2.83. The van der Waals surface area contributed by atoms with Gasteiger partial charge in [-0.25, -0.2) is 0 Å². The van der Waals surface area contributed by atoms with Crippen LogP contribution < -0.4 is 10.6 Å². The molecule has 0 spiro atoms. The number of anilines is 3. The maximum absolute atomic E-state index is 5.40. The fourth-order valence-corrected chi connectivity index (χ4v) is 1.87. The summed E-state index contributed by atoms with van der Waals surface area (Å²) in [6.45, 7) is 0.862. The highest BCUT2D eigenvalue weighted by Gasteiger charge is 2.23. The molecular formula is C10H10N4O. The van der Waals surface area contributed by atoms with Gasteiger partial charge in [0.1, 0.15) is 0 Å². The maximum Gasteiger partial charge on any atom is 0.324 e. The molecule has 2 heterocycles. The van der Waals surface area contributed by atoms with Gasteiger partial charge in [0.05, 0.1) is 0 Å². The summed E-state index contributed by atoms with van der Waals surface area (Å²) in [4.78, 5) is 1.98. The summed E-state index contributed by atoms with van der Waals surface area (Å²) in [5, 5.41) is 7.53. The first kappa shape index (κ1) is 8.28. The highest BCUT2D eigenvalue weighted by atomic mass is 16.4. The van der Waals surface area contributed by atoms with Crippen molar-refractivity contribution in [1.29, 1.82) is 0 Å². The van der Waals surface area contributed by atoms with Crippen LogP contribution in [0.4, 0.5) is 17.7 Å². The van der Waals surface area contributed by atoms with E-state index in [1.165, 1.54) is 5.56 Å². The van der Waals surface area contributed by atoms with Crippen molar-refractivity contribution in [2.45, 2.75) is 6.42 Å². The van der Waals surface area contributed by atoms with Gasteiger partial charge in [-0.05, 0) is 18.1 Å². The van der Waals surface area contributed by atoms with Crippen molar-refractivity contribution < 1.29 is 4.42 Å². The van der Waals surface area contributed by atoms with Gasteiger partial charge in [-0.15, -0.1) is 0 Å². The van der Waals surface area contributed by atoms with Crippen LogP contribution in [0.25, 0.3) is 0 Å². The zero-order valence-electron chi connectivity index (χ0n) is 8.05. The molecule has 3 rings (SSSR count). The van der Waals surface area contributed by atoms with E-state index in [0.29, 0.717) is 6.01 Å². The van der Waals surface area contributed by atoms with Gasteiger partial charge in [0.25, 0.3) is 0 Å². The number of nitrogens with zero attached hydrogens (tertiary/aromatic N) is 3. The van der Waals surface area contributed by atoms with Crippen molar-refractivity contribution in [2.75, 3.05) is 17.2 Å². The lowest BCUT2D eigenvalue weighted by atomic mass is 10.2. The van der Waals surface area contributed by atoms with Crippen molar-refractivity contribution in [1.82, 2.24) is 10.2 Å². The van der Waals surface area contributed by atoms with E-state index in [9.17, 15) is 0 Å². The van der Waals surface area contributed by atoms with Crippen LogP contribution >= 0.6 is 0 Å². The maximum atomic E-state index is 5.40. The van der Waals surface area contributed by atoms with Gasteiger partial charge in [-0.1, -0.05) is 28.4 Å². The lowest BCUT2D eigenvalue weighted by Gasteiger charge is -2.12. The molecule has 2 N–H and O–H groups in total. The number of benzene rings is 1. The van der Waals surface area contributed by atoms with Crippen LogP contribution in [0, 0.1) is 0 Å². The largest absolute Gasteiger partial charge is 0.389 e. The van der Waals surface area contributed by atoms with E-state index in [4.69, 9.17) is 10.2 Å². The Kier molecular flexibility index (Phi) is 1.65. The van der Waals surface area contributed by atoms with Crippen LogP contribution in [0.15, 0.2) is 28.7 Å². The molecule has 1 aliphatic heterocycles. The first-order chi connectivity index (χ1) is 7.34. The van der Waals surface area contributed by atoms with Crippen molar-refractivity contribution in [3.05, 3.63) is 29.8 Å². The minimum Gasteiger partial charge on any atom is -0.389 e. The average molecular weight is 202 g/mol. The molecule has 0 saturated carbocycles. The Balaban J connectivity index is 2.04. The number of aromatic nitrogens is 2. The SMILES string of the molecule is Nc1nnc(N2CCc3ccccc32)o1. The van der Waals surface area contributed by atoms with Gasteiger partial charge in [-0.3, -0.25) is 4.90 Å². The number of nitrogens with two attached hydrogens (primary N) is 1. The molecule has 0 aliphatic carbocycles. The third kappa shape index (κ3) is 1.24. The number of hydrogen-bond donors (Lipinski definition) is 1. The number of nitrogen functional groups attached to an aromatic ring is 1. The summed E-state index contributed by atoms with van der Waals surface area (Å²) in [5.41, 5.74) is 7.83. The predicted molar refractivity (Wildman–Crippen MR) is 55.9 cm³/mol. The first-order valence-corrected chi connectivity index (χ1v) is 4.79. The standard InChI is InChI=1S/C10H10N4O/c11-9-12-13-10(15-9)14-6-5-7-3-1-2-4-8(7)14/h1-4H,5-6H2,(H2,11,12). The Morgan fingerprint density at radius 2 is 2.13 bits per heavy atom. The summed E-state index contributed by atoms with van der Waals surface area (Å²) in [6.07, 6.45) is 0.998. The minimum absolute atomic E-state index is 0.106. The predicted octanol–water partition coefficient (Wildman–Crippen LogP) is 1.35. The molecule has 1 aliphatic rings. The molecule has 2 aromatic rings. The highest BCUT2D eigenvalue weighted by Crippen LogP contribution is 2.33. The molecule has 0 atom stereocenters. The Labute approximate surface area is 86.5 Å². The fourth-order valence-electron chi connectivity index (χ4n) is 1.87. The van der Waals surface area contributed by atoms with Gasteiger partial charge >= 0.3 is 12.0 Å². The van der Waals surface area contributed by atoms with E-state index in [-0.39, 0.29) is 6.01 Å². The quantitative estimate of drug-likeness (QED) is 0.755. The van der Waals surface area contributed by atoms with Gasteiger partial charge in [-0.2, -0.15) is 0 Å². The zero-order chi connectivity index (χ0) is 10.3. The Hall–Kier alpha value is -2.04. The molecule has 5 nitrogen and oxygen atoms in total. The molecule has 1 aromatic heterocycles. The van der Waals surface area contributed by atoms with Crippen LogP contribution in [-0.4, -0.2) is 16.7 Å². The normalized spacial score (nSPS) is 14.3. The third-order valence-electron chi connectivity index (χ3n) is 2.55. The fraction of sp³-hybridized carbons (Fsp3) is 0.200. The smallest absolute Gasteiger partial charge is 0.324 e. The number of para-hydroxylation sites is 1. The molecule has 0 saturated heterocycles. The molecule has 0 radical (unpaired) electrons. The lowest BCUT2D eigenvalue weighted by Crippen LogP contribution is -2.13. The van der Waals surface area contributed by atoms with E-state index in [0.717, 1.165) is 18.7 Å². The van der Waals surface area contributed by atoms with E-state index in [1.54, 1.807) is 0 Å². The van der Waals surface area contributed by atoms with Gasteiger partial charge in [0, 0.05) is 12.2 Å². The number of hydrogen-bond acceptors (Lipinski definition) is 5. The van der Waals surface area contributed by atoms with E-state index < -0.39 is 0 Å². The number of rotatable bonds is 1. The Bertz CT molecular complexity index is 494. The van der Waals surface area contributed by atoms with Gasteiger partial charge in [0.15, 0.2) is 0 Å². The van der Waals surface area contributed by atoms with Crippen LogP contribution in [0.1, 0.15) is 5.56 Å². The minimum atomic E-state index is 0.106. The van der Waals surface area contributed by atoms with Crippen molar-refractivity contribution in [2.24, 2.45) is 0 Å². The Morgan fingerprint density at radius 1 is 1.27 bits per heavy atom. The summed E-state index contributed by atoms with van der Waals surface area (Å²) in [7, 11) is 0. The summed E-state index contributed by atoms with van der Waals surface area (Å²) in [5.74, 6) is 0. The summed E-state index contributed by atoms with van der Waals surface area (Å²) in [6, 6.07) is 8.76. The number of fused-ring (bicyclic) bond motifs is 1. The summed E-state index contributed by atoms with van der Waals surface area (Å²) >= 11 is 0. The molecule has 15 heavy (non-hydrogen) atoms. The Morgan fingerprint density at radius 3 is 2.93 bits per heavy atom. The summed E-state index contributed by atoms with van der Waals surface area (Å²) < 4.78 is 5.21. The second-order valence-corrected chi connectivity index (χ2v) is 3.45. The molecule has 0 amide bonds. The second kappa shape index (κ2) is 2.98. The van der Waals surface area contributed by atoms with Crippen molar-refractivity contribution in [3.63, 3.8) is 0 Å². The van der Waals surface area contributed by atoms with Gasteiger partial charge in [0.2, 0.25) is 0 Å². The monoisotopic (exact) mass is 202 g/mol. The molecule has 0 unspecified atom stereocenters. The molecule has 76 valence electrons. The van der Waals surface area contributed by atoms with E-state index in [1.807, 2.05) is 23.1 Å². The van der Waals surface area contributed by atoms with Crippen LogP contribution in [0.2, 0.25) is 0 Å². The highest BCUT2D eigenvalue weighted by molar-refractivity contribution is 5.64. The van der Waals surface area contributed by atoms with Gasteiger partial charge < -0.3 is 10.2 Å². The third-order valence-corrected chi connectivity index (χ3v) is 2.55. The van der Waals surface area contributed by atoms with Crippen molar-refractivity contribution in [3.8, 4) is 0 Å². The first-order valence-electron chi connectivity index (χ1n) is 4.79. The topological polar surface area (TPSA) is 68.2 Å². The van der Waals surface area contributed by atoms with Crippen LogP contribution in [-0.2, 0) is 6.42 Å². The molecule has 5 heteroatoms. The van der Waals surface area contributed by atoms with Crippen LogP contribution in [0.3, 0.4) is 0 Å². The molecule has 1 aromatic carbocycles. The van der Waals surface area contributed by atoms with E-state index >= 15 is 0 Å². The van der Waals surface area contributed by atoms with Crippen molar-refractivity contribution >= 4 is 17.7 Å². The van der Waals surface area contributed by atoms with Crippen LogP contribution in [0.5, 0.6) is 0 Å². The lowest BCUT2D eigenvalue weighted by molar-refractivity contribution is 0.571. The zero-order valence-corrected chi connectivity index (χ0v) is 8.05. The molecule has 0 bridgehead atoms. The van der Waals surface area contributed by atoms with E-state index in [2.05, 4.69) is 16.3 Å². The molecular weight excluding hydrogens is 192 g/mol. The molecule has 0 fully saturated rings. The second-order valence-electron chi connectivity index (χ2n) is 3.45.